The number of aliphatic hydroxyl groups is 2. The Kier molecular flexibility index (Phi) is 17.7. The van der Waals surface area contributed by atoms with Gasteiger partial charge in [-0.2, -0.15) is 0 Å². The Hall–Kier alpha value is -6.20. The lowest BCUT2D eigenvalue weighted by atomic mass is 10.0. The number of carbonyl (C=O) groups excluding carboxylic acids is 8. The second-order valence-electron chi connectivity index (χ2n) is 14.2. The van der Waals surface area contributed by atoms with Gasteiger partial charge in [-0.1, -0.05) is 30.3 Å². The van der Waals surface area contributed by atoms with E-state index in [0.717, 1.165) is 16.7 Å². The van der Waals surface area contributed by atoms with E-state index in [1.807, 2.05) is 0 Å². The summed E-state index contributed by atoms with van der Waals surface area (Å²) in [5, 5.41) is 50.9. The second-order valence-corrected chi connectivity index (χ2v) is 14.2. The van der Waals surface area contributed by atoms with Gasteiger partial charge in [0.25, 0.3) is 0 Å². The molecule has 23 nitrogen and oxygen atoms in total. The first-order valence-electron chi connectivity index (χ1n) is 18.7. The van der Waals surface area contributed by atoms with E-state index in [2.05, 4.69) is 26.6 Å². The highest BCUT2D eigenvalue weighted by atomic mass is 16.4. The third-order valence-corrected chi connectivity index (χ3v) is 9.63. The van der Waals surface area contributed by atoms with Crippen LogP contribution in [0.4, 0.5) is 0 Å². The molecule has 13 N–H and O–H groups in total. The number of primary amides is 1. The Morgan fingerprint density at radius 3 is 1.88 bits per heavy atom. The topological polar surface area (TPSA) is 370 Å². The SMILES string of the molecule is C[C@@H](O)[C@H](NC(=O)CNC(=O)[C@@H]1CCCN1C(=O)[C@H](CO)NC(=O)[C@@H](N)CC(N)=O)C(=O)N[C@@H](Cc1ccccc1)C(=O)N[C@@H](CC(=O)O)C(=O)N1CCC[C@H]1C(=O)O. The van der Waals surface area contributed by atoms with Crippen molar-refractivity contribution in [2.45, 2.75) is 100 Å². The molecule has 2 aliphatic heterocycles. The molecule has 8 amide bonds. The van der Waals surface area contributed by atoms with Gasteiger partial charge in [-0.15, -0.1) is 0 Å². The van der Waals surface area contributed by atoms with Crippen molar-refractivity contribution in [3.8, 4) is 0 Å². The molecule has 1 aromatic rings. The molecule has 0 spiro atoms. The zero-order valence-corrected chi connectivity index (χ0v) is 32.2. The molecule has 0 aromatic heterocycles. The van der Waals surface area contributed by atoms with Crippen molar-refractivity contribution in [1.29, 1.82) is 0 Å². The Morgan fingerprint density at radius 2 is 1.32 bits per heavy atom. The summed E-state index contributed by atoms with van der Waals surface area (Å²) < 4.78 is 0. The number of rotatable bonds is 21. The lowest BCUT2D eigenvalue weighted by molar-refractivity contribution is -0.150. The highest BCUT2D eigenvalue weighted by molar-refractivity contribution is 5.98. The van der Waals surface area contributed by atoms with Gasteiger partial charge in [0.2, 0.25) is 47.3 Å². The molecular weight excluding hydrogens is 782 g/mol. The standard InChI is InChI=1S/C36H51N9O14/c1-18(47)29(43-27(49)16-39-32(54)24-9-5-11-44(24)35(57)23(17-46)42-30(52)20(37)14-26(38)48)33(55)40-21(13-19-7-3-2-4-8-19)31(53)41-22(15-28(50)51)34(56)45-12-6-10-25(45)36(58)59/h2-4,7-8,18,20-25,29,46-47H,5-6,9-17,37H2,1H3,(H2,38,48)(H,39,54)(H,40,55)(H,41,53)(H,42,52)(H,43,49)(H,50,51)(H,58,59)/t18-,20+,21+,22+,23+,24+,25+,29+/m1/s1. The summed E-state index contributed by atoms with van der Waals surface area (Å²) in [5.74, 6) is -10.3. The first kappa shape index (κ1) is 47.2. The molecule has 0 radical (unpaired) electrons. The lowest BCUT2D eigenvalue weighted by Crippen LogP contribution is -2.60. The van der Waals surface area contributed by atoms with E-state index in [0.29, 0.717) is 18.4 Å². The van der Waals surface area contributed by atoms with Crippen LogP contribution < -0.4 is 38.1 Å². The van der Waals surface area contributed by atoms with Crippen LogP contribution in [0.3, 0.4) is 0 Å². The molecule has 0 aliphatic carbocycles. The normalized spacial score (nSPS) is 19.2. The zero-order valence-electron chi connectivity index (χ0n) is 32.2. The van der Waals surface area contributed by atoms with Crippen LogP contribution in [-0.2, 0) is 54.4 Å². The fourth-order valence-corrected chi connectivity index (χ4v) is 6.65. The van der Waals surface area contributed by atoms with Crippen LogP contribution in [-0.4, -0.2) is 164 Å². The maximum absolute atomic E-state index is 13.7. The van der Waals surface area contributed by atoms with E-state index in [9.17, 15) is 68.4 Å². The smallest absolute Gasteiger partial charge is 0.326 e. The molecule has 8 atom stereocenters. The summed E-state index contributed by atoms with van der Waals surface area (Å²) in [6.07, 6.45) is -2.27. The summed E-state index contributed by atoms with van der Waals surface area (Å²) >= 11 is 0. The number of benzene rings is 1. The molecule has 2 heterocycles. The minimum atomic E-state index is -1.72. The first-order valence-corrected chi connectivity index (χ1v) is 18.7. The van der Waals surface area contributed by atoms with Crippen molar-refractivity contribution in [2.24, 2.45) is 11.5 Å². The number of aliphatic hydroxyl groups excluding tert-OH is 2. The van der Waals surface area contributed by atoms with Crippen molar-refractivity contribution >= 4 is 59.2 Å². The third-order valence-electron chi connectivity index (χ3n) is 9.63. The Balaban J connectivity index is 1.69. The van der Waals surface area contributed by atoms with E-state index >= 15 is 0 Å². The molecule has 0 bridgehead atoms. The quantitative estimate of drug-likeness (QED) is 0.0550. The van der Waals surface area contributed by atoms with E-state index in [1.54, 1.807) is 30.3 Å². The van der Waals surface area contributed by atoms with Gasteiger partial charge in [0.15, 0.2) is 0 Å². The summed E-state index contributed by atoms with van der Waals surface area (Å²) in [4.78, 5) is 129. The Labute approximate surface area is 337 Å². The number of likely N-dealkylation sites (tertiary alicyclic amines) is 2. The van der Waals surface area contributed by atoms with Crippen LogP contribution in [0.1, 0.15) is 51.0 Å². The fraction of sp³-hybridized carbons (Fsp3) is 0.556. The maximum atomic E-state index is 13.7. The molecule has 2 fully saturated rings. The molecule has 0 unspecified atom stereocenters. The number of carboxylic acids is 2. The largest absolute Gasteiger partial charge is 0.481 e. The molecule has 2 saturated heterocycles. The predicted octanol–water partition coefficient (Wildman–Crippen LogP) is -5.60. The van der Waals surface area contributed by atoms with E-state index in [1.165, 1.54) is 0 Å². The van der Waals surface area contributed by atoms with Crippen LogP contribution in [0.25, 0.3) is 0 Å². The van der Waals surface area contributed by atoms with Crippen molar-refractivity contribution in [2.75, 3.05) is 26.2 Å². The number of nitrogens with one attached hydrogen (secondary N) is 5. The number of hydrogen-bond donors (Lipinski definition) is 11. The minimum absolute atomic E-state index is 0.0133. The minimum Gasteiger partial charge on any atom is -0.481 e. The lowest BCUT2D eigenvalue weighted by Gasteiger charge is -2.29. The number of aliphatic carboxylic acids is 2. The van der Waals surface area contributed by atoms with E-state index < -0.39 is 134 Å². The monoisotopic (exact) mass is 833 g/mol. The fourth-order valence-electron chi connectivity index (χ4n) is 6.65. The molecular formula is C36H51N9O14. The molecule has 23 heteroatoms. The molecule has 0 saturated carbocycles. The maximum Gasteiger partial charge on any atom is 0.326 e. The van der Waals surface area contributed by atoms with Gasteiger partial charge >= 0.3 is 11.9 Å². The third kappa shape index (κ3) is 13.7. The molecule has 324 valence electrons. The molecule has 59 heavy (non-hydrogen) atoms. The number of nitrogens with two attached hydrogens (primary N) is 2. The number of nitrogens with zero attached hydrogens (tertiary/aromatic N) is 2. The highest BCUT2D eigenvalue weighted by Crippen LogP contribution is 2.20. The average Bonchev–Trinajstić information content (AvgIpc) is 3.88. The predicted molar refractivity (Wildman–Crippen MR) is 201 cm³/mol. The Morgan fingerprint density at radius 1 is 0.763 bits per heavy atom. The molecule has 3 rings (SSSR count). The van der Waals surface area contributed by atoms with Crippen LogP contribution in [0.15, 0.2) is 30.3 Å². The number of carbonyl (C=O) groups is 10. The van der Waals surface area contributed by atoms with Crippen LogP contribution >= 0.6 is 0 Å². The summed E-state index contributed by atoms with van der Waals surface area (Å²) in [5.41, 5.74) is 11.2. The van der Waals surface area contributed by atoms with Gasteiger partial charge < -0.3 is 68.3 Å². The number of hydrogen-bond acceptors (Lipinski definition) is 13. The van der Waals surface area contributed by atoms with Gasteiger partial charge in [-0.05, 0) is 38.2 Å². The Bertz CT molecular complexity index is 1750. The van der Waals surface area contributed by atoms with Crippen molar-refractivity contribution < 1.29 is 68.4 Å². The molecule has 1 aromatic carbocycles. The summed E-state index contributed by atoms with van der Waals surface area (Å²) in [6, 6.07) is -2.02. The summed E-state index contributed by atoms with van der Waals surface area (Å²) in [7, 11) is 0. The summed E-state index contributed by atoms with van der Waals surface area (Å²) in [6.45, 7) is -0.400. The van der Waals surface area contributed by atoms with Crippen LogP contribution in [0.5, 0.6) is 0 Å². The number of amides is 8. The van der Waals surface area contributed by atoms with Gasteiger partial charge in [0.1, 0.15) is 36.3 Å². The second kappa shape index (κ2) is 22.1. The van der Waals surface area contributed by atoms with Crippen molar-refractivity contribution in [3.05, 3.63) is 35.9 Å². The molecule has 2 aliphatic rings. The van der Waals surface area contributed by atoms with Crippen LogP contribution in [0.2, 0.25) is 0 Å². The van der Waals surface area contributed by atoms with E-state index in [-0.39, 0.29) is 32.4 Å². The number of carboxylic acid groups (broad SMARTS) is 2. The van der Waals surface area contributed by atoms with Gasteiger partial charge in [-0.3, -0.25) is 43.2 Å². The van der Waals surface area contributed by atoms with Gasteiger partial charge in [0, 0.05) is 19.5 Å². The zero-order chi connectivity index (χ0) is 44.0. The average molecular weight is 834 g/mol. The van der Waals surface area contributed by atoms with Crippen molar-refractivity contribution in [3.63, 3.8) is 0 Å². The van der Waals surface area contributed by atoms with Crippen molar-refractivity contribution in [1.82, 2.24) is 36.4 Å². The van der Waals surface area contributed by atoms with Crippen LogP contribution in [0, 0.1) is 0 Å². The first-order chi connectivity index (χ1) is 27.8. The van der Waals surface area contributed by atoms with Gasteiger partial charge in [0.05, 0.1) is 38.1 Å². The van der Waals surface area contributed by atoms with E-state index in [4.69, 9.17) is 11.5 Å². The van der Waals surface area contributed by atoms with Gasteiger partial charge in [-0.25, -0.2) is 4.79 Å². The highest BCUT2D eigenvalue weighted by Gasteiger charge is 2.41.